The molecule has 4 unspecified atom stereocenters. The molecule has 0 aromatic heterocycles. The van der Waals surface area contributed by atoms with E-state index in [1.807, 2.05) is 0 Å². The highest BCUT2D eigenvalue weighted by molar-refractivity contribution is 4.91. The normalized spacial score (nSPS) is 46.4. The van der Waals surface area contributed by atoms with Crippen LogP contribution < -0.4 is 0 Å². The van der Waals surface area contributed by atoms with Crippen LogP contribution in [-0.4, -0.2) is 59.6 Å². The van der Waals surface area contributed by atoms with E-state index in [-0.39, 0.29) is 6.61 Å². The largest absolute Gasteiger partial charge is 0.394 e. The van der Waals surface area contributed by atoms with Gasteiger partial charge in [-0.2, -0.15) is 0 Å². The van der Waals surface area contributed by atoms with Crippen molar-refractivity contribution in [3.8, 4) is 0 Å². The van der Waals surface area contributed by atoms with Crippen molar-refractivity contribution in [1.29, 1.82) is 0 Å². The summed E-state index contributed by atoms with van der Waals surface area (Å²) in [4.78, 5) is 0. The summed E-state index contributed by atoms with van der Waals surface area (Å²) in [5, 5.41) is 27.9. The Balaban J connectivity index is 2.69. The molecule has 0 spiro atoms. The highest BCUT2D eigenvalue weighted by atomic mass is 16.6. The van der Waals surface area contributed by atoms with E-state index in [0.29, 0.717) is 0 Å². The molecule has 1 rings (SSSR count). The molecule has 0 aliphatic carbocycles. The van der Waals surface area contributed by atoms with E-state index in [1.54, 1.807) is 6.92 Å². The highest BCUT2D eigenvalue weighted by Gasteiger charge is 2.42. The Hall–Kier alpha value is -0.200. The Labute approximate surface area is 76.9 Å². The third kappa shape index (κ3) is 2.00. The van der Waals surface area contributed by atoms with Gasteiger partial charge in [0.05, 0.1) is 12.7 Å². The molecule has 3 N–H and O–H groups in total. The van der Waals surface area contributed by atoms with Crippen LogP contribution in [0.15, 0.2) is 0 Å². The monoisotopic (exact) mass is 192 g/mol. The predicted molar refractivity (Wildman–Crippen MR) is 44.2 cm³/mol. The van der Waals surface area contributed by atoms with Gasteiger partial charge in [-0.3, -0.25) is 0 Å². The smallest absolute Gasteiger partial charge is 0.114 e. The zero-order valence-corrected chi connectivity index (χ0v) is 7.75. The van der Waals surface area contributed by atoms with Crippen molar-refractivity contribution >= 4 is 0 Å². The first kappa shape index (κ1) is 10.9. The van der Waals surface area contributed by atoms with Gasteiger partial charge in [0.15, 0.2) is 0 Å². The molecule has 0 bridgehead atoms. The molecule has 13 heavy (non-hydrogen) atoms. The maximum Gasteiger partial charge on any atom is 0.114 e. The number of aliphatic hydroxyl groups excluding tert-OH is 3. The zero-order valence-electron chi connectivity index (χ0n) is 7.75. The van der Waals surface area contributed by atoms with Gasteiger partial charge in [0.2, 0.25) is 0 Å². The number of aliphatic hydroxyl groups is 3. The molecule has 0 saturated carbocycles. The summed E-state index contributed by atoms with van der Waals surface area (Å²) in [5.74, 6) is 0. The van der Waals surface area contributed by atoms with Crippen molar-refractivity contribution in [3.05, 3.63) is 0 Å². The van der Waals surface area contributed by atoms with Gasteiger partial charge in [-0.1, -0.05) is 0 Å². The fourth-order valence-corrected chi connectivity index (χ4v) is 1.56. The van der Waals surface area contributed by atoms with Crippen LogP contribution in [0.3, 0.4) is 0 Å². The van der Waals surface area contributed by atoms with Gasteiger partial charge in [-0.05, 0) is 6.92 Å². The lowest BCUT2D eigenvalue weighted by Crippen LogP contribution is -2.58. The van der Waals surface area contributed by atoms with Gasteiger partial charge in [-0.15, -0.1) is 0 Å². The lowest BCUT2D eigenvalue weighted by Gasteiger charge is -2.40. The Kier molecular flexibility index (Phi) is 3.63. The fourth-order valence-electron chi connectivity index (χ4n) is 1.56. The minimum atomic E-state index is -1.01. The van der Waals surface area contributed by atoms with Crippen molar-refractivity contribution in [1.82, 2.24) is 0 Å². The van der Waals surface area contributed by atoms with Crippen molar-refractivity contribution in [2.24, 2.45) is 0 Å². The molecule has 5 nitrogen and oxygen atoms in total. The first-order valence-corrected chi connectivity index (χ1v) is 4.27. The van der Waals surface area contributed by atoms with Crippen molar-refractivity contribution in [3.63, 3.8) is 0 Å². The summed E-state index contributed by atoms with van der Waals surface area (Å²) in [7, 11) is 1.41. The minimum absolute atomic E-state index is 0.230. The average molecular weight is 192 g/mol. The van der Waals surface area contributed by atoms with Gasteiger partial charge in [0.1, 0.15) is 24.4 Å². The van der Waals surface area contributed by atoms with Crippen LogP contribution in [0.4, 0.5) is 0 Å². The fraction of sp³-hybridized carbons (Fsp3) is 1.00. The second-order valence-corrected chi connectivity index (χ2v) is 3.24. The average Bonchev–Trinajstić information content (AvgIpc) is 2.13. The van der Waals surface area contributed by atoms with Crippen LogP contribution in [-0.2, 0) is 9.47 Å². The molecule has 1 fully saturated rings. The number of ether oxygens (including phenoxy) is 2. The van der Waals surface area contributed by atoms with E-state index in [9.17, 15) is 10.2 Å². The van der Waals surface area contributed by atoms with Crippen LogP contribution >= 0.6 is 0 Å². The zero-order chi connectivity index (χ0) is 10.0. The van der Waals surface area contributed by atoms with Crippen molar-refractivity contribution in [2.75, 3.05) is 13.7 Å². The van der Waals surface area contributed by atoms with Crippen LogP contribution in [0.1, 0.15) is 6.92 Å². The number of hydrogen-bond donors (Lipinski definition) is 3. The van der Waals surface area contributed by atoms with Crippen LogP contribution in [0.5, 0.6) is 0 Å². The minimum Gasteiger partial charge on any atom is -0.394 e. The topological polar surface area (TPSA) is 79.2 Å². The third-order valence-electron chi connectivity index (χ3n) is 2.38. The van der Waals surface area contributed by atoms with Gasteiger partial charge in [-0.25, -0.2) is 0 Å². The maximum atomic E-state index is 9.54. The van der Waals surface area contributed by atoms with E-state index < -0.39 is 30.5 Å². The van der Waals surface area contributed by atoms with E-state index in [2.05, 4.69) is 0 Å². The Morgan fingerprint density at radius 2 is 1.92 bits per heavy atom. The highest BCUT2D eigenvalue weighted by Crippen LogP contribution is 2.22. The lowest BCUT2D eigenvalue weighted by atomic mass is 9.96. The molecule has 78 valence electrons. The van der Waals surface area contributed by atoms with Gasteiger partial charge in [0.25, 0.3) is 0 Å². The second kappa shape index (κ2) is 4.34. The van der Waals surface area contributed by atoms with E-state index >= 15 is 0 Å². The number of hydrogen-bond acceptors (Lipinski definition) is 5. The molecule has 1 saturated heterocycles. The summed E-state index contributed by atoms with van der Waals surface area (Å²) in [6, 6.07) is 0. The number of methoxy groups -OCH3 is 1. The number of rotatable bonds is 2. The molecule has 0 aromatic carbocycles. The molecule has 1 aliphatic heterocycles. The van der Waals surface area contributed by atoms with Crippen LogP contribution in [0.25, 0.3) is 0 Å². The summed E-state index contributed by atoms with van der Waals surface area (Å²) in [5.41, 5.74) is 0. The Morgan fingerprint density at radius 1 is 1.31 bits per heavy atom. The first-order chi connectivity index (χ1) is 6.11. The third-order valence-corrected chi connectivity index (χ3v) is 2.38. The summed E-state index contributed by atoms with van der Waals surface area (Å²) in [6.07, 6.45) is -3.70. The second-order valence-electron chi connectivity index (χ2n) is 3.24. The van der Waals surface area contributed by atoms with Crippen LogP contribution in [0, 0.1) is 0 Å². The summed E-state index contributed by atoms with van der Waals surface area (Å²) in [6.45, 7) is 1.41. The Bertz CT molecular complexity index is 161. The molecular weight excluding hydrogens is 176 g/mol. The van der Waals surface area contributed by atoms with Gasteiger partial charge in [0, 0.05) is 7.11 Å². The molecule has 1 aliphatic rings. The summed E-state index contributed by atoms with van der Waals surface area (Å²) < 4.78 is 10.2. The predicted octanol–water partition coefficient (Wildman–Crippen LogP) is -1.50. The maximum absolute atomic E-state index is 9.54. The SMILES string of the molecule is CO[C@H]1C(CO)OC(C)C(O)C1O. The van der Waals surface area contributed by atoms with Gasteiger partial charge >= 0.3 is 0 Å². The van der Waals surface area contributed by atoms with Crippen molar-refractivity contribution < 1.29 is 24.8 Å². The van der Waals surface area contributed by atoms with E-state index in [0.717, 1.165) is 0 Å². The molecular formula is C8H16O5. The van der Waals surface area contributed by atoms with E-state index in [4.69, 9.17) is 14.6 Å². The molecule has 5 atom stereocenters. The molecule has 0 aromatic rings. The standard InChI is InChI=1S/C8H16O5/c1-4-6(10)7(11)8(12-2)5(3-9)13-4/h4-11H,3H2,1-2H3/t4?,5?,6?,7?,8-/m0/s1. The molecule has 0 radical (unpaired) electrons. The summed E-state index contributed by atoms with van der Waals surface area (Å²) >= 11 is 0. The first-order valence-electron chi connectivity index (χ1n) is 4.27. The molecule has 1 heterocycles. The van der Waals surface area contributed by atoms with Gasteiger partial charge < -0.3 is 24.8 Å². The van der Waals surface area contributed by atoms with E-state index in [1.165, 1.54) is 7.11 Å². The molecule has 0 amide bonds. The van der Waals surface area contributed by atoms with Crippen LogP contribution in [0.2, 0.25) is 0 Å². The quantitative estimate of drug-likeness (QED) is 0.496. The molecule has 5 heteroatoms. The lowest BCUT2D eigenvalue weighted by molar-refractivity contribution is -0.231. The van der Waals surface area contributed by atoms with Crippen molar-refractivity contribution in [2.45, 2.75) is 37.4 Å². The Morgan fingerprint density at radius 3 is 2.38 bits per heavy atom.